The van der Waals surface area contributed by atoms with Crippen LogP contribution in [-0.2, 0) is 6.54 Å². The molecule has 3 rings (SSSR count). The Labute approximate surface area is 130 Å². The number of nitrogens with zero attached hydrogens (tertiary/aromatic N) is 4. The van der Waals surface area contributed by atoms with Crippen molar-refractivity contribution in [2.24, 2.45) is 5.41 Å². The van der Waals surface area contributed by atoms with E-state index in [9.17, 15) is 4.79 Å². The number of aromatic nitrogens is 3. The van der Waals surface area contributed by atoms with Gasteiger partial charge < -0.3 is 4.90 Å². The topological polar surface area (TPSA) is 51.0 Å². The molecule has 1 aromatic heterocycles. The van der Waals surface area contributed by atoms with Gasteiger partial charge in [-0.15, -0.1) is 11.7 Å². The highest BCUT2D eigenvalue weighted by Crippen LogP contribution is 2.48. The van der Waals surface area contributed by atoms with Crippen LogP contribution in [-0.4, -0.2) is 32.3 Å². The summed E-state index contributed by atoms with van der Waals surface area (Å²) in [5.41, 5.74) is 1.61. The quantitative estimate of drug-likeness (QED) is 0.815. The Bertz CT molecular complexity index is 690. The number of carbonyl (C=O) groups excluding carboxylic acids is 1. The molecule has 0 spiro atoms. The lowest BCUT2D eigenvalue weighted by atomic mass is 9.71. The summed E-state index contributed by atoms with van der Waals surface area (Å²) in [6.07, 6.45) is 3.40. The van der Waals surface area contributed by atoms with Gasteiger partial charge in [-0.05, 0) is 5.56 Å². The number of carbonyl (C=O) groups is 1. The average molecular weight is 296 g/mol. The Balaban J connectivity index is 1.84. The number of benzene rings is 1. The van der Waals surface area contributed by atoms with E-state index in [0.717, 1.165) is 12.1 Å². The van der Waals surface area contributed by atoms with Gasteiger partial charge in [-0.2, -0.15) is 0 Å². The summed E-state index contributed by atoms with van der Waals surface area (Å²) in [5, 5.41) is 7.94. The van der Waals surface area contributed by atoms with Gasteiger partial charge in [0.15, 0.2) is 5.69 Å². The van der Waals surface area contributed by atoms with Crippen LogP contribution in [0.1, 0.15) is 35.9 Å². The second-order valence-electron chi connectivity index (χ2n) is 6.35. The summed E-state index contributed by atoms with van der Waals surface area (Å²) < 4.78 is 1.61. The predicted octanol–water partition coefficient (Wildman–Crippen LogP) is 2.69. The number of hydrogen-bond acceptors (Lipinski definition) is 3. The SMILES string of the molecule is C=CCn1cc(C(=O)N2CC(C)(C)C2c2ccccc2)nn1. The van der Waals surface area contributed by atoms with Gasteiger partial charge in [0.25, 0.3) is 5.91 Å². The molecule has 1 unspecified atom stereocenters. The zero-order chi connectivity index (χ0) is 15.7. The van der Waals surface area contributed by atoms with Crippen LogP contribution in [0.2, 0.25) is 0 Å². The van der Waals surface area contributed by atoms with Gasteiger partial charge in [0, 0.05) is 12.0 Å². The van der Waals surface area contributed by atoms with Crippen LogP contribution in [0.4, 0.5) is 0 Å². The Morgan fingerprint density at radius 2 is 2.14 bits per heavy atom. The Morgan fingerprint density at radius 1 is 1.41 bits per heavy atom. The molecule has 114 valence electrons. The lowest BCUT2D eigenvalue weighted by Crippen LogP contribution is -2.57. The lowest BCUT2D eigenvalue weighted by Gasteiger charge is -2.54. The summed E-state index contributed by atoms with van der Waals surface area (Å²) >= 11 is 0. The van der Waals surface area contributed by atoms with E-state index >= 15 is 0 Å². The van der Waals surface area contributed by atoms with E-state index in [1.165, 1.54) is 0 Å². The maximum Gasteiger partial charge on any atom is 0.276 e. The molecule has 1 aliphatic heterocycles. The molecule has 1 atom stereocenters. The first-order valence-electron chi connectivity index (χ1n) is 7.40. The number of rotatable bonds is 4. The Hall–Kier alpha value is -2.43. The summed E-state index contributed by atoms with van der Waals surface area (Å²) in [7, 11) is 0. The van der Waals surface area contributed by atoms with E-state index in [1.54, 1.807) is 17.0 Å². The summed E-state index contributed by atoms with van der Waals surface area (Å²) in [6.45, 7) is 9.30. The fraction of sp³-hybridized carbons (Fsp3) is 0.353. The predicted molar refractivity (Wildman–Crippen MR) is 84.2 cm³/mol. The van der Waals surface area contributed by atoms with E-state index in [2.05, 4.69) is 42.9 Å². The molecule has 1 aromatic carbocycles. The first-order chi connectivity index (χ1) is 10.5. The third-order valence-corrected chi connectivity index (χ3v) is 4.08. The van der Waals surface area contributed by atoms with Gasteiger partial charge in [-0.3, -0.25) is 4.79 Å². The van der Waals surface area contributed by atoms with Crippen LogP contribution >= 0.6 is 0 Å². The van der Waals surface area contributed by atoms with Crippen molar-refractivity contribution < 1.29 is 4.79 Å². The largest absolute Gasteiger partial charge is 0.329 e. The molecule has 0 saturated carbocycles. The molecule has 0 bridgehead atoms. The zero-order valence-corrected chi connectivity index (χ0v) is 12.9. The molecular weight excluding hydrogens is 276 g/mol. The van der Waals surface area contributed by atoms with E-state index in [4.69, 9.17) is 0 Å². The van der Waals surface area contributed by atoms with Crippen LogP contribution in [0, 0.1) is 5.41 Å². The highest BCUT2D eigenvalue weighted by molar-refractivity contribution is 5.93. The Kier molecular flexibility index (Phi) is 3.56. The average Bonchev–Trinajstić information content (AvgIpc) is 2.94. The van der Waals surface area contributed by atoms with Gasteiger partial charge in [-0.25, -0.2) is 4.68 Å². The van der Waals surface area contributed by atoms with Gasteiger partial charge in [-0.1, -0.05) is 55.5 Å². The lowest BCUT2D eigenvalue weighted by molar-refractivity contribution is -0.0326. The van der Waals surface area contributed by atoms with E-state index in [1.807, 2.05) is 23.1 Å². The molecule has 1 fully saturated rings. The molecule has 22 heavy (non-hydrogen) atoms. The van der Waals surface area contributed by atoms with Crippen molar-refractivity contribution in [3.8, 4) is 0 Å². The Morgan fingerprint density at radius 3 is 2.77 bits per heavy atom. The molecule has 0 radical (unpaired) electrons. The van der Waals surface area contributed by atoms with Gasteiger partial charge in [0.05, 0.1) is 18.8 Å². The maximum absolute atomic E-state index is 12.7. The molecule has 1 aliphatic rings. The standard InChI is InChI=1S/C17H20N4O/c1-4-10-20-11-14(18-19-20)16(22)21-12-17(2,3)15(21)13-8-6-5-7-9-13/h4-9,11,15H,1,10,12H2,2-3H3. The molecule has 2 heterocycles. The summed E-state index contributed by atoms with van der Waals surface area (Å²) in [5.74, 6) is -0.0662. The second kappa shape index (κ2) is 5.40. The van der Waals surface area contributed by atoms with Gasteiger partial charge in [0.1, 0.15) is 0 Å². The minimum atomic E-state index is -0.0662. The van der Waals surface area contributed by atoms with Crippen LogP contribution in [0.5, 0.6) is 0 Å². The number of amides is 1. The molecular formula is C17H20N4O. The van der Waals surface area contributed by atoms with E-state index < -0.39 is 0 Å². The van der Waals surface area contributed by atoms with Crippen molar-refractivity contribution in [1.29, 1.82) is 0 Å². The number of allylic oxidation sites excluding steroid dienone is 1. The van der Waals surface area contributed by atoms with Crippen LogP contribution in [0.25, 0.3) is 0 Å². The fourth-order valence-electron chi connectivity index (χ4n) is 3.15. The van der Waals surface area contributed by atoms with Crippen molar-refractivity contribution in [2.75, 3.05) is 6.54 Å². The highest BCUT2D eigenvalue weighted by atomic mass is 16.2. The monoisotopic (exact) mass is 296 g/mol. The number of likely N-dealkylation sites (tertiary alicyclic amines) is 1. The second-order valence-corrected chi connectivity index (χ2v) is 6.35. The van der Waals surface area contributed by atoms with Crippen molar-refractivity contribution in [1.82, 2.24) is 19.9 Å². The third kappa shape index (κ3) is 2.43. The first kappa shape index (κ1) is 14.5. The fourth-order valence-corrected chi connectivity index (χ4v) is 3.15. The van der Waals surface area contributed by atoms with Crippen molar-refractivity contribution in [2.45, 2.75) is 26.4 Å². The summed E-state index contributed by atoms with van der Waals surface area (Å²) in [6, 6.07) is 10.2. The normalized spacial score (nSPS) is 19.5. The molecule has 5 nitrogen and oxygen atoms in total. The van der Waals surface area contributed by atoms with Crippen LogP contribution in [0.15, 0.2) is 49.2 Å². The minimum Gasteiger partial charge on any atom is -0.329 e. The molecule has 0 N–H and O–H groups in total. The van der Waals surface area contributed by atoms with Gasteiger partial charge in [0.2, 0.25) is 0 Å². The first-order valence-corrected chi connectivity index (χ1v) is 7.40. The van der Waals surface area contributed by atoms with Gasteiger partial charge >= 0.3 is 0 Å². The maximum atomic E-state index is 12.7. The van der Waals surface area contributed by atoms with Crippen molar-refractivity contribution in [3.63, 3.8) is 0 Å². The third-order valence-electron chi connectivity index (χ3n) is 4.08. The van der Waals surface area contributed by atoms with Crippen molar-refractivity contribution >= 4 is 5.91 Å². The number of hydrogen-bond donors (Lipinski definition) is 0. The van der Waals surface area contributed by atoms with E-state index in [-0.39, 0.29) is 17.4 Å². The van der Waals surface area contributed by atoms with Crippen LogP contribution < -0.4 is 0 Å². The minimum absolute atomic E-state index is 0.0636. The summed E-state index contributed by atoms with van der Waals surface area (Å²) in [4.78, 5) is 14.6. The van der Waals surface area contributed by atoms with Crippen molar-refractivity contribution in [3.05, 3.63) is 60.4 Å². The molecule has 1 saturated heterocycles. The smallest absolute Gasteiger partial charge is 0.276 e. The molecule has 5 heteroatoms. The van der Waals surface area contributed by atoms with Crippen LogP contribution in [0.3, 0.4) is 0 Å². The molecule has 1 amide bonds. The molecule has 2 aromatic rings. The highest BCUT2D eigenvalue weighted by Gasteiger charge is 2.49. The van der Waals surface area contributed by atoms with E-state index in [0.29, 0.717) is 12.2 Å². The molecule has 0 aliphatic carbocycles. The zero-order valence-electron chi connectivity index (χ0n) is 12.9.